The van der Waals surface area contributed by atoms with Gasteiger partial charge < -0.3 is 5.32 Å². The fourth-order valence-corrected chi connectivity index (χ4v) is 5.08. The summed E-state index contributed by atoms with van der Waals surface area (Å²) < 4.78 is 41.5. The Morgan fingerprint density at radius 3 is 2.42 bits per heavy atom. The van der Waals surface area contributed by atoms with Crippen LogP contribution in [0.25, 0.3) is 16.3 Å². The Hall–Kier alpha value is -3.08. The number of ketones is 1. The van der Waals surface area contributed by atoms with Crippen molar-refractivity contribution >= 4 is 27.8 Å². The number of benzene rings is 3. The lowest BCUT2D eigenvalue weighted by Gasteiger charge is -2.40. The first-order valence-corrected chi connectivity index (χ1v) is 10.4. The summed E-state index contributed by atoms with van der Waals surface area (Å²) in [6.07, 6.45) is -3.54. The first-order valence-electron chi connectivity index (χ1n) is 10.4. The van der Waals surface area contributed by atoms with Crippen LogP contribution in [-0.2, 0) is 11.0 Å². The van der Waals surface area contributed by atoms with E-state index in [-0.39, 0.29) is 16.8 Å². The van der Waals surface area contributed by atoms with E-state index < -0.39 is 17.8 Å². The highest BCUT2D eigenvalue weighted by molar-refractivity contribution is 6.12. The van der Waals surface area contributed by atoms with Gasteiger partial charge in [0.15, 0.2) is 5.78 Å². The molecule has 2 nitrogen and oxygen atoms in total. The van der Waals surface area contributed by atoms with E-state index in [9.17, 15) is 18.0 Å². The third-order valence-electron chi connectivity index (χ3n) is 6.32. The molecule has 0 aromatic heterocycles. The molecule has 0 spiro atoms. The zero-order valence-corrected chi connectivity index (χ0v) is 17.3. The topological polar surface area (TPSA) is 29.1 Å². The molecule has 3 aromatic rings. The molecule has 0 fully saturated rings. The number of rotatable bonds is 1. The second-order valence-corrected chi connectivity index (χ2v) is 9.20. The molecular weight excluding hydrogens is 399 g/mol. The van der Waals surface area contributed by atoms with E-state index in [1.54, 1.807) is 6.07 Å². The molecule has 5 heteroatoms. The normalized spacial score (nSPS) is 20.3. The fourth-order valence-electron chi connectivity index (χ4n) is 5.08. The van der Waals surface area contributed by atoms with Crippen LogP contribution in [0.1, 0.15) is 49.4 Å². The first-order chi connectivity index (χ1) is 14.7. The van der Waals surface area contributed by atoms with Gasteiger partial charge >= 0.3 is 6.18 Å². The van der Waals surface area contributed by atoms with Gasteiger partial charge in [-0.1, -0.05) is 62.4 Å². The maximum absolute atomic E-state index is 13.8. The predicted octanol–water partition coefficient (Wildman–Crippen LogP) is 7.17. The fraction of sp³-hybridized carbons (Fsp3) is 0.269. The van der Waals surface area contributed by atoms with Crippen molar-refractivity contribution in [2.75, 3.05) is 5.32 Å². The van der Waals surface area contributed by atoms with Crippen molar-refractivity contribution in [1.82, 2.24) is 0 Å². The van der Waals surface area contributed by atoms with Crippen LogP contribution in [-0.4, -0.2) is 5.78 Å². The number of nitrogens with one attached hydrogen (secondary N) is 1. The van der Waals surface area contributed by atoms with E-state index in [0.717, 1.165) is 33.7 Å². The molecule has 0 unspecified atom stereocenters. The van der Waals surface area contributed by atoms with Gasteiger partial charge in [-0.05, 0) is 45.9 Å². The Morgan fingerprint density at radius 2 is 1.65 bits per heavy atom. The van der Waals surface area contributed by atoms with E-state index >= 15 is 0 Å². The van der Waals surface area contributed by atoms with Gasteiger partial charge in [-0.25, -0.2) is 0 Å². The van der Waals surface area contributed by atoms with Crippen molar-refractivity contribution in [1.29, 1.82) is 0 Å². The molecule has 1 N–H and O–H groups in total. The van der Waals surface area contributed by atoms with Crippen LogP contribution in [0.15, 0.2) is 66.2 Å². The van der Waals surface area contributed by atoms with Gasteiger partial charge in [-0.3, -0.25) is 4.79 Å². The lowest BCUT2D eigenvalue weighted by Crippen LogP contribution is -2.34. The van der Waals surface area contributed by atoms with E-state index in [4.69, 9.17) is 0 Å². The Kier molecular flexibility index (Phi) is 4.30. The van der Waals surface area contributed by atoms with Gasteiger partial charge in [-0.15, -0.1) is 0 Å². The summed E-state index contributed by atoms with van der Waals surface area (Å²) in [6, 6.07) is 16.5. The number of halogens is 3. The minimum absolute atomic E-state index is 0.0840. The van der Waals surface area contributed by atoms with Crippen LogP contribution in [0.5, 0.6) is 0 Å². The van der Waals surface area contributed by atoms with E-state index in [1.165, 1.54) is 12.1 Å². The van der Waals surface area contributed by atoms with Crippen molar-refractivity contribution in [3.05, 3.63) is 82.9 Å². The Morgan fingerprint density at radius 1 is 0.935 bits per heavy atom. The van der Waals surface area contributed by atoms with Crippen LogP contribution < -0.4 is 5.32 Å². The second kappa shape index (κ2) is 6.71. The molecule has 2 aliphatic rings. The third-order valence-corrected chi connectivity index (χ3v) is 6.32. The third kappa shape index (κ3) is 3.23. The maximum atomic E-state index is 13.8. The minimum Gasteiger partial charge on any atom is -0.373 e. The molecule has 0 bridgehead atoms. The highest BCUT2D eigenvalue weighted by atomic mass is 19.4. The Balaban J connectivity index is 1.81. The number of alkyl halides is 3. The summed E-state index contributed by atoms with van der Waals surface area (Å²) in [5.41, 5.74) is 2.18. The molecular formula is C26H22F3NO. The monoisotopic (exact) mass is 421 g/mol. The van der Waals surface area contributed by atoms with E-state index in [1.807, 2.05) is 50.2 Å². The van der Waals surface area contributed by atoms with Gasteiger partial charge in [0.1, 0.15) is 0 Å². The van der Waals surface area contributed by atoms with Crippen molar-refractivity contribution in [3.63, 3.8) is 0 Å². The van der Waals surface area contributed by atoms with Gasteiger partial charge in [-0.2, -0.15) is 13.2 Å². The van der Waals surface area contributed by atoms with E-state index in [2.05, 4.69) is 5.32 Å². The van der Waals surface area contributed by atoms with Gasteiger partial charge in [0.05, 0.1) is 11.6 Å². The number of allylic oxidation sites excluding steroid dienone is 1. The molecule has 1 heterocycles. The zero-order chi connectivity index (χ0) is 22.0. The Labute approximate surface area is 178 Å². The van der Waals surface area contributed by atoms with Crippen LogP contribution in [0.3, 0.4) is 0 Å². The zero-order valence-electron chi connectivity index (χ0n) is 17.3. The van der Waals surface area contributed by atoms with Crippen molar-refractivity contribution in [3.8, 4) is 0 Å². The molecule has 0 saturated heterocycles. The van der Waals surface area contributed by atoms with Crippen LogP contribution >= 0.6 is 0 Å². The van der Waals surface area contributed by atoms with E-state index in [0.29, 0.717) is 18.4 Å². The number of fused-ring (bicyclic) bond motifs is 4. The quantitative estimate of drug-likeness (QED) is 0.451. The number of hydrogen-bond acceptors (Lipinski definition) is 2. The second-order valence-electron chi connectivity index (χ2n) is 9.20. The smallest absolute Gasteiger partial charge is 0.373 e. The molecule has 0 radical (unpaired) electrons. The van der Waals surface area contributed by atoms with Gasteiger partial charge in [0, 0.05) is 23.2 Å². The molecule has 158 valence electrons. The summed E-state index contributed by atoms with van der Waals surface area (Å²) in [4.78, 5) is 13.4. The number of carbonyl (C=O) groups excluding carboxylic acids is 1. The van der Waals surface area contributed by atoms with Crippen molar-refractivity contribution in [2.24, 2.45) is 5.41 Å². The molecule has 31 heavy (non-hydrogen) atoms. The number of carbonyl (C=O) groups is 1. The average Bonchev–Trinajstić information content (AvgIpc) is 2.71. The average molecular weight is 421 g/mol. The number of hydrogen-bond donors (Lipinski definition) is 1. The predicted molar refractivity (Wildman–Crippen MR) is 117 cm³/mol. The summed E-state index contributed by atoms with van der Waals surface area (Å²) in [7, 11) is 0. The largest absolute Gasteiger partial charge is 0.416 e. The molecule has 1 atom stereocenters. The van der Waals surface area contributed by atoms with Gasteiger partial charge in [0.2, 0.25) is 0 Å². The lowest BCUT2D eigenvalue weighted by molar-refractivity contribution is -0.138. The molecule has 0 saturated carbocycles. The highest BCUT2D eigenvalue weighted by Gasteiger charge is 2.43. The molecule has 5 rings (SSSR count). The lowest BCUT2D eigenvalue weighted by atomic mass is 9.67. The summed E-state index contributed by atoms with van der Waals surface area (Å²) in [6.45, 7) is 4.08. The maximum Gasteiger partial charge on any atom is 0.416 e. The minimum atomic E-state index is -4.50. The summed E-state index contributed by atoms with van der Waals surface area (Å²) in [5.74, 6) is -0.0840. The number of anilines is 1. The van der Waals surface area contributed by atoms with Crippen LogP contribution in [0, 0.1) is 5.41 Å². The van der Waals surface area contributed by atoms with Crippen LogP contribution in [0.2, 0.25) is 0 Å². The Bertz CT molecular complexity index is 1250. The van der Waals surface area contributed by atoms with Crippen molar-refractivity contribution < 1.29 is 18.0 Å². The molecule has 0 amide bonds. The highest BCUT2D eigenvalue weighted by Crippen LogP contribution is 2.53. The summed E-state index contributed by atoms with van der Waals surface area (Å²) >= 11 is 0. The number of Topliss-reactive ketones (excluding diaryl/α,β-unsaturated/α-hetero) is 1. The molecule has 1 aliphatic carbocycles. The first kappa shape index (κ1) is 19.9. The SMILES string of the molecule is CC1(C)CC(=O)C2=C(C1)c1c(ccc3ccccc13)N[C@@H]2c1ccccc1C(F)(F)F. The molecule has 3 aromatic carbocycles. The van der Waals surface area contributed by atoms with Crippen LogP contribution in [0.4, 0.5) is 18.9 Å². The van der Waals surface area contributed by atoms with Gasteiger partial charge in [0.25, 0.3) is 0 Å². The molecule has 1 aliphatic heterocycles. The standard InChI is InChI=1S/C26H22F3NO/c1-25(2)13-18-22-16-8-4-3-7-15(16)11-12-20(22)30-24(23(18)21(31)14-25)17-9-5-6-10-19(17)26(27,28)29/h3-12,24,30H,13-14H2,1-2H3/t24-/m1/s1. The summed E-state index contributed by atoms with van der Waals surface area (Å²) in [5, 5.41) is 5.35. The van der Waals surface area contributed by atoms with Crippen molar-refractivity contribution in [2.45, 2.75) is 38.9 Å².